The second kappa shape index (κ2) is 2.20. The summed E-state index contributed by atoms with van der Waals surface area (Å²) in [6.07, 6.45) is 0. The van der Waals surface area contributed by atoms with E-state index in [1.54, 1.807) is 0 Å². The van der Waals surface area contributed by atoms with Crippen LogP contribution in [0.5, 0.6) is 0 Å². The minimum Gasteiger partial charge on any atom is -0.391 e. The third-order valence-corrected chi connectivity index (χ3v) is 1.03. The van der Waals surface area contributed by atoms with Crippen LogP contribution in [0.1, 0.15) is 6.92 Å². The summed E-state index contributed by atoms with van der Waals surface area (Å²) in [5.74, 6) is -2.63. The number of hydrogen-bond donors (Lipinski definition) is 5. The summed E-state index contributed by atoms with van der Waals surface area (Å²) < 4.78 is 0. The van der Waals surface area contributed by atoms with Gasteiger partial charge in [0, 0.05) is 0 Å². The molecule has 0 rings (SSSR count). The van der Waals surface area contributed by atoms with E-state index in [4.69, 9.17) is 26.2 Å². The first-order chi connectivity index (χ1) is 3.81. The molecular formula is C4H11NO4. The van der Waals surface area contributed by atoms with Crippen molar-refractivity contribution in [3.05, 3.63) is 0 Å². The Morgan fingerprint density at radius 3 is 1.67 bits per heavy atom. The molecule has 0 aromatic rings. The standard InChI is InChI=1S/C4H11NO4/c1-3(5,7)4(8,9)2-6/h6-9H,2,5H2,1H3. The van der Waals surface area contributed by atoms with Gasteiger partial charge >= 0.3 is 0 Å². The van der Waals surface area contributed by atoms with E-state index in [1.807, 2.05) is 0 Å². The Balaban J connectivity index is 4.14. The molecule has 9 heavy (non-hydrogen) atoms. The lowest BCUT2D eigenvalue weighted by Gasteiger charge is -2.31. The molecule has 0 aliphatic rings. The molecule has 5 nitrogen and oxygen atoms in total. The van der Waals surface area contributed by atoms with E-state index >= 15 is 0 Å². The Bertz CT molecular complexity index is 95.2. The predicted octanol–water partition coefficient (Wildman–Crippen LogP) is -2.67. The monoisotopic (exact) mass is 137 g/mol. The van der Waals surface area contributed by atoms with Crippen molar-refractivity contribution in [3.8, 4) is 0 Å². The molecule has 56 valence electrons. The third kappa shape index (κ3) is 1.88. The summed E-state index contributed by atoms with van der Waals surface area (Å²) in [5, 5.41) is 34.0. The van der Waals surface area contributed by atoms with Gasteiger partial charge in [-0.15, -0.1) is 0 Å². The quantitative estimate of drug-likeness (QED) is 0.267. The zero-order valence-electron chi connectivity index (χ0n) is 5.07. The minimum absolute atomic E-state index is 0.975. The van der Waals surface area contributed by atoms with Gasteiger partial charge in [-0.2, -0.15) is 0 Å². The van der Waals surface area contributed by atoms with Crippen molar-refractivity contribution in [2.75, 3.05) is 6.61 Å². The van der Waals surface area contributed by atoms with Gasteiger partial charge in [0.2, 0.25) is 5.79 Å². The van der Waals surface area contributed by atoms with Crippen LogP contribution in [0.3, 0.4) is 0 Å². The molecular weight excluding hydrogens is 126 g/mol. The van der Waals surface area contributed by atoms with E-state index in [-0.39, 0.29) is 0 Å². The topological polar surface area (TPSA) is 107 Å². The summed E-state index contributed by atoms with van der Waals surface area (Å²) in [4.78, 5) is 0. The summed E-state index contributed by atoms with van der Waals surface area (Å²) in [6, 6.07) is 0. The van der Waals surface area contributed by atoms with Gasteiger partial charge in [0.25, 0.3) is 0 Å². The summed E-state index contributed by atoms with van der Waals surface area (Å²) in [7, 11) is 0. The van der Waals surface area contributed by atoms with Gasteiger partial charge in [-0.1, -0.05) is 0 Å². The van der Waals surface area contributed by atoms with Gasteiger partial charge in [0.1, 0.15) is 6.61 Å². The third-order valence-electron chi connectivity index (χ3n) is 1.03. The van der Waals surface area contributed by atoms with Gasteiger partial charge in [-0.05, 0) is 6.92 Å². The molecule has 0 aliphatic heterocycles. The highest BCUT2D eigenvalue weighted by molar-refractivity contribution is 4.80. The van der Waals surface area contributed by atoms with Crippen molar-refractivity contribution in [3.63, 3.8) is 0 Å². The van der Waals surface area contributed by atoms with Gasteiger partial charge in [-0.25, -0.2) is 0 Å². The van der Waals surface area contributed by atoms with E-state index < -0.39 is 18.1 Å². The summed E-state index contributed by atoms with van der Waals surface area (Å²) >= 11 is 0. The predicted molar refractivity (Wildman–Crippen MR) is 29.1 cm³/mol. The van der Waals surface area contributed by atoms with Crippen molar-refractivity contribution >= 4 is 0 Å². The fourth-order valence-electron chi connectivity index (χ4n) is 0.160. The number of nitrogens with two attached hydrogens (primary N) is 1. The molecule has 0 radical (unpaired) electrons. The molecule has 0 fully saturated rings. The number of aliphatic hydroxyl groups excluding tert-OH is 1. The largest absolute Gasteiger partial charge is 0.391 e. The Kier molecular flexibility index (Phi) is 2.15. The zero-order valence-corrected chi connectivity index (χ0v) is 5.07. The highest BCUT2D eigenvalue weighted by atomic mass is 16.5. The molecule has 0 heterocycles. The van der Waals surface area contributed by atoms with Crippen molar-refractivity contribution in [2.45, 2.75) is 18.4 Å². The van der Waals surface area contributed by atoms with E-state index in [1.165, 1.54) is 0 Å². The fourth-order valence-corrected chi connectivity index (χ4v) is 0.160. The van der Waals surface area contributed by atoms with Crippen molar-refractivity contribution in [1.29, 1.82) is 0 Å². The molecule has 0 aliphatic carbocycles. The summed E-state index contributed by atoms with van der Waals surface area (Å²) in [6.45, 7) is -0.0281. The Morgan fingerprint density at radius 2 is 1.67 bits per heavy atom. The molecule has 5 heteroatoms. The van der Waals surface area contributed by atoms with Gasteiger partial charge < -0.3 is 20.4 Å². The van der Waals surface area contributed by atoms with E-state index in [9.17, 15) is 0 Å². The Labute approximate surface area is 52.4 Å². The van der Waals surface area contributed by atoms with Gasteiger partial charge in [0.05, 0.1) is 0 Å². The average molecular weight is 137 g/mol. The normalized spacial score (nSPS) is 19.3. The van der Waals surface area contributed by atoms with Crippen LogP contribution in [-0.2, 0) is 0 Å². The second-order valence-corrected chi connectivity index (χ2v) is 2.12. The zero-order chi connectivity index (χ0) is 7.71. The van der Waals surface area contributed by atoms with Crippen molar-refractivity contribution in [1.82, 2.24) is 0 Å². The maximum Gasteiger partial charge on any atom is 0.230 e. The smallest absolute Gasteiger partial charge is 0.230 e. The summed E-state index contributed by atoms with van der Waals surface area (Å²) in [5.41, 5.74) is 2.63. The average Bonchev–Trinajstić information content (AvgIpc) is 1.64. The Morgan fingerprint density at radius 1 is 1.33 bits per heavy atom. The van der Waals surface area contributed by atoms with E-state index in [0.717, 1.165) is 6.92 Å². The van der Waals surface area contributed by atoms with E-state index in [2.05, 4.69) is 0 Å². The van der Waals surface area contributed by atoms with E-state index in [0.29, 0.717) is 0 Å². The number of aliphatic hydroxyl groups is 4. The molecule has 0 amide bonds. The van der Waals surface area contributed by atoms with Crippen molar-refractivity contribution in [2.24, 2.45) is 5.73 Å². The van der Waals surface area contributed by atoms with Crippen LogP contribution in [0.4, 0.5) is 0 Å². The maximum absolute atomic E-state index is 8.66. The van der Waals surface area contributed by atoms with Crippen LogP contribution >= 0.6 is 0 Å². The number of hydrogen-bond acceptors (Lipinski definition) is 5. The van der Waals surface area contributed by atoms with Crippen molar-refractivity contribution < 1.29 is 20.4 Å². The minimum atomic E-state index is -2.63. The second-order valence-electron chi connectivity index (χ2n) is 2.12. The molecule has 0 aromatic carbocycles. The van der Waals surface area contributed by atoms with Crippen LogP contribution in [0.15, 0.2) is 0 Å². The van der Waals surface area contributed by atoms with Crippen LogP contribution < -0.4 is 5.73 Å². The van der Waals surface area contributed by atoms with Crippen LogP contribution in [0, 0.1) is 0 Å². The Hall–Kier alpha value is -0.200. The van der Waals surface area contributed by atoms with Crippen LogP contribution in [-0.4, -0.2) is 38.5 Å². The molecule has 0 spiro atoms. The molecule has 0 bridgehead atoms. The maximum atomic E-state index is 8.66. The molecule has 1 unspecified atom stereocenters. The SMILES string of the molecule is CC(N)(O)C(O)(O)CO. The fraction of sp³-hybridized carbons (Fsp3) is 1.00. The molecule has 0 aromatic heterocycles. The first kappa shape index (κ1) is 8.80. The van der Waals surface area contributed by atoms with Crippen LogP contribution in [0.2, 0.25) is 0 Å². The molecule has 6 N–H and O–H groups in total. The highest BCUT2D eigenvalue weighted by Gasteiger charge is 2.40. The lowest BCUT2D eigenvalue weighted by atomic mass is 10.1. The lowest BCUT2D eigenvalue weighted by Crippen LogP contribution is -2.60. The van der Waals surface area contributed by atoms with Gasteiger partial charge in [0.15, 0.2) is 5.72 Å². The number of rotatable bonds is 2. The molecule has 1 atom stereocenters. The highest BCUT2D eigenvalue weighted by Crippen LogP contribution is 2.11. The van der Waals surface area contributed by atoms with Gasteiger partial charge in [-0.3, -0.25) is 5.73 Å². The molecule has 0 saturated heterocycles. The first-order valence-corrected chi connectivity index (χ1v) is 2.38. The first-order valence-electron chi connectivity index (χ1n) is 2.38. The van der Waals surface area contributed by atoms with Crippen LogP contribution in [0.25, 0.3) is 0 Å². The lowest BCUT2D eigenvalue weighted by molar-refractivity contribution is -0.282. The molecule has 0 saturated carbocycles.